The Bertz CT molecular complexity index is 169. The van der Waals surface area contributed by atoms with Gasteiger partial charge in [-0.1, -0.05) is 13.8 Å². The molecule has 0 aromatic carbocycles. The second-order valence-electron chi connectivity index (χ2n) is 3.82. The number of nitrogens with one attached hydrogen (secondary N) is 1. The number of amides is 1. The van der Waals surface area contributed by atoms with Crippen molar-refractivity contribution in [3.8, 4) is 0 Å². The summed E-state index contributed by atoms with van der Waals surface area (Å²) >= 11 is 0. The van der Waals surface area contributed by atoms with Crippen LogP contribution in [0.2, 0.25) is 0 Å². The van der Waals surface area contributed by atoms with Crippen molar-refractivity contribution in [2.24, 2.45) is 0 Å². The van der Waals surface area contributed by atoms with Crippen LogP contribution in [0.25, 0.3) is 0 Å². The second-order valence-corrected chi connectivity index (χ2v) is 3.82. The first-order chi connectivity index (χ1) is 5.91. The van der Waals surface area contributed by atoms with E-state index in [0.29, 0.717) is 24.0 Å². The fraction of sp³-hybridized carbons (Fsp3) is 0.889. The first kappa shape index (κ1) is 12.4. The van der Waals surface area contributed by atoms with E-state index >= 15 is 0 Å². The highest BCUT2D eigenvalue weighted by Gasteiger charge is 2.21. The van der Waals surface area contributed by atoms with Crippen molar-refractivity contribution in [2.45, 2.75) is 32.8 Å². The number of likely N-dealkylation sites (N-methyl/N-ethyl adjacent to an activating group) is 1. The molecule has 0 aliphatic heterocycles. The number of carbonyl (C=O) groups is 1. The fourth-order valence-corrected chi connectivity index (χ4v) is 1.12. The van der Waals surface area contributed by atoms with Crippen molar-refractivity contribution in [1.29, 1.82) is 0 Å². The Balaban J connectivity index is 3.99. The minimum Gasteiger partial charge on any atom is -0.387 e. The third-order valence-electron chi connectivity index (χ3n) is 1.89. The van der Waals surface area contributed by atoms with Crippen molar-refractivity contribution >= 4 is 5.91 Å². The van der Waals surface area contributed by atoms with E-state index in [9.17, 15) is 9.90 Å². The summed E-state index contributed by atoms with van der Waals surface area (Å²) in [7, 11) is 3.74. The summed E-state index contributed by atoms with van der Waals surface area (Å²) in [5.41, 5.74) is 2.81. The molecular formula is C9H21N2O2+. The standard InChI is InChI=1S/C9H20N2O2/c1-5-8(12)7-11(3,4)10-9(13)6-2/h8,12H,5-7H2,1-4H3/p+1. The number of quaternary nitrogens is 1. The van der Waals surface area contributed by atoms with Crippen molar-refractivity contribution < 1.29 is 14.5 Å². The molecule has 1 atom stereocenters. The third-order valence-corrected chi connectivity index (χ3v) is 1.89. The van der Waals surface area contributed by atoms with E-state index in [-0.39, 0.29) is 12.0 Å². The third kappa shape index (κ3) is 5.60. The second kappa shape index (κ2) is 5.19. The Hall–Kier alpha value is -0.610. The zero-order chi connectivity index (χ0) is 10.5. The fourth-order valence-electron chi connectivity index (χ4n) is 1.12. The molecule has 0 radical (unpaired) electrons. The summed E-state index contributed by atoms with van der Waals surface area (Å²) in [6, 6.07) is 0. The molecule has 1 amide bonds. The highest BCUT2D eigenvalue weighted by Crippen LogP contribution is 1.99. The lowest BCUT2D eigenvalue weighted by atomic mass is 10.2. The molecule has 0 heterocycles. The monoisotopic (exact) mass is 189 g/mol. The van der Waals surface area contributed by atoms with E-state index in [2.05, 4.69) is 5.43 Å². The zero-order valence-electron chi connectivity index (χ0n) is 9.00. The van der Waals surface area contributed by atoms with Gasteiger partial charge in [0.1, 0.15) is 12.6 Å². The van der Waals surface area contributed by atoms with Gasteiger partial charge in [-0.3, -0.25) is 4.79 Å². The van der Waals surface area contributed by atoms with Gasteiger partial charge in [0.15, 0.2) is 0 Å². The number of hydrogen-bond acceptors (Lipinski definition) is 2. The number of carbonyl (C=O) groups excluding carboxylic acids is 1. The summed E-state index contributed by atoms with van der Waals surface area (Å²) in [5.74, 6) is 0.00769. The van der Waals surface area contributed by atoms with Gasteiger partial charge < -0.3 is 5.11 Å². The van der Waals surface area contributed by atoms with Crippen LogP contribution in [0.3, 0.4) is 0 Å². The van der Waals surface area contributed by atoms with Crippen LogP contribution in [0.5, 0.6) is 0 Å². The predicted octanol–water partition coefficient (Wildman–Crippen LogP) is 0.275. The number of rotatable bonds is 5. The Labute approximate surface area is 80.1 Å². The molecule has 0 spiro atoms. The quantitative estimate of drug-likeness (QED) is 0.482. The number of aliphatic hydroxyl groups excluding tert-OH is 1. The van der Waals surface area contributed by atoms with E-state index in [1.54, 1.807) is 0 Å². The van der Waals surface area contributed by atoms with Crippen LogP contribution in [0, 0.1) is 0 Å². The minimum absolute atomic E-state index is 0.00769. The topological polar surface area (TPSA) is 49.3 Å². The molecule has 0 bridgehead atoms. The Kier molecular flexibility index (Phi) is 4.95. The van der Waals surface area contributed by atoms with Crippen LogP contribution in [0.4, 0.5) is 0 Å². The lowest BCUT2D eigenvalue weighted by molar-refractivity contribution is -0.928. The summed E-state index contributed by atoms with van der Waals surface area (Å²) in [6.45, 7) is 4.28. The van der Waals surface area contributed by atoms with Gasteiger partial charge in [-0.05, 0) is 6.42 Å². The van der Waals surface area contributed by atoms with Gasteiger partial charge in [-0.2, -0.15) is 0 Å². The van der Waals surface area contributed by atoms with Crippen LogP contribution in [-0.2, 0) is 4.79 Å². The highest BCUT2D eigenvalue weighted by atomic mass is 16.3. The first-order valence-electron chi connectivity index (χ1n) is 4.73. The van der Waals surface area contributed by atoms with E-state index in [1.807, 2.05) is 27.9 Å². The van der Waals surface area contributed by atoms with Gasteiger partial charge in [0, 0.05) is 6.42 Å². The highest BCUT2D eigenvalue weighted by molar-refractivity contribution is 5.74. The van der Waals surface area contributed by atoms with Gasteiger partial charge in [-0.15, -0.1) is 0 Å². The van der Waals surface area contributed by atoms with E-state index in [1.165, 1.54) is 0 Å². The van der Waals surface area contributed by atoms with Crippen LogP contribution in [-0.4, -0.2) is 42.3 Å². The van der Waals surface area contributed by atoms with Gasteiger partial charge in [0.25, 0.3) is 5.91 Å². The summed E-state index contributed by atoms with van der Waals surface area (Å²) in [5, 5.41) is 9.41. The van der Waals surface area contributed by atoms with Crippen LogP contribution < -0.4 is 5.43 Å². The molecule has 0 fully saturated rings. The largest absolute Gasteiger partial charge is 0.387 e. The summed E-state index contributed by atoms with van der Waals surface area (Å²) in [4.78, 5) is 11.1. The summed E-state index contributed by atoms with van der Waals surface area (Å²) in [6.07, 6.45) is 0.834. The maximum absolute atomic E-state index is 11.1. The van der Waals surface area contributed by atoms with Crippen molar-refractivity contribution in [1.82, 2.24) is 5.43 Å². The molecule has 4 nitrogen and oxygen atoms in total. The normalized spacial score (nSPS) is 13.9. The van der Waals surface area contributed by atoms with Crippen LogP contribution in [0.15, 0.2) is 0 Å². The van der Waals surface area contributed by atoms with Gasteiger partial charge in [-0.25, -0.2) is 10.0 Å². The van der Waals surface area contributed by atoms with Crippen LogP contribution >= 0.6 is 0 Å². The van der Waals surface area contributed by atoms with Crippen molar-refractivity contribution in [2.75, 3.05) is 20.6 Å². The lowest BCUT2D eigenvalue weighted by Gasteiger charge is -2.30. The molecule has 4 heteroatoms. The first-order valence-corrected chi connectivity index (χ1v) is 4.73. The molecule has 0 aliphatic carbocycles. The van der Waals surface area contributed by atoms with Crippen molar-refractivity contribution in [3.63, 3.8) is 0 Å². The van der Waals surface area contributed by atoms with E-state index < -0.39 is 0 Å². The molecule has 2 N–H and O–H groups in total. The molecule has 0 aromatic rings. The van der Waals surface area contributed by atoms with E-state index in [0.717, 1.165) is 0 Å². The van der Waals surface area contributed by atoms with Gasteiger partial charge in [0.2, 0.25) is 0 Å². The molecule has 0 aliphatic rings. The van der Waals surface area contributed by atoms with Gasteiger partial charge >= 0.3 is 0 Å². The molecule has 0 rings (SSSR count). The van der Waals surface area contributed by atoms with Crippen LogP contribution in [0.1, 0.15) is 26.7 Å². The molecule has 0 saturated heterocycles. The molecule has 13 heavy (non-hydrogen) atoms. The number of hydrogen-bond donors (Lipinski definition) is 2. The molecule has 78 valence electrons. The maximum Gasteiger partial charge on any atom is 0.264 e. The van der Waals surface area contributed by atoms with Gasteiger partial charge in [0.05, 0.1) is 14.1 Å². The number of aliphatic hydroxyl groups is 1. The molecule has 1 unspecified atom stereocenters. The summed E-state index contributed by atoms with van der Waals surface area (Å²) < 4.78 is 0.335. The molecule has 0 saturated carbocycles. The predicted molar refractivity (Wildman–Crippen MR) is 51.7 cm³/mol. The average Bonchev–Trinajstić information content (AvgIpc) is 2.02. The Morgan fingerprint density at radius 1 is 1.46 bits per heavy atom. The van der Waals surface area contributed by atoms with E-state index in [4.69, 9.17) is 0 Å². The maximum atomic E-state index is 11.1. The van der Waals surface area contributed by atoms with Crippen molar-refractivity contribution in [3.05, 3.63) is 0 Å². The average molecular weight is 189 g/mol. The number of nitrogens with zero attached hydrogens (tertiary/aromatic N) is 1. The Morgan fingerprint density at radius 2 is 2.00 bits per heavy atom. The lowest BCUT2D eigenvalue weighted by Crippen LogP contribution is -2.57. The zero-order valence-corrected chi connectivity index (χ0v) is 9.00. The molecule has 0 aromatic heterocycles. The molecular weight excluding hydrogens is 168 g/mol. The smallest absolute Gasteiger partial charge is 0.264 e. The minimum atomic E-state index is -0.354. The Morgan fingerprint density at radius 3 is 2.38 bits per heavy atom. The SMILES string of the molecule is CCC(=O)N[N+](C)(C)CC(O)CC.